The van der Waals surface area contributed by atoms with Crippen molar-refractivity contribution >= 4 is 50.6 Å². The van der Waals surface area contributed by atoms with Crippen molar-refractivity contribution in [3.05, 3.63) is 67.6 Å². The van der Waals surface area contributed by atoms with E-state index in [0.29, 0.717) is 39.5 Å². The Morgan fingerprint density at radius 3 is 2.84 bits per heavy atom. The quantitative estimate of drug-likeness (QED) is 0.330. The molecule has 0 aliphatic rings. The molecule has 0 bridgehead atoms. The van der Waals surface area contributed by atoms with Crippen molar-refractivity contribution < 1.29 is 14.3 Å². The number of carbonyl (C=O) groups is 1. The van der Waals surface area contributed by atoms with E-state index in [1.165, 1.54) is 18.0 Å². The van der Waals surface area contributed by atoms with Gasteiger partial charge in [0.1, 0.15) is 11.6 Å². The first kappa shape index (κ1) is 23.0. The van der Waals surface area contributed by atoms with Gasteiger partial charge in [0.15, 0.2) is 6.61 Å². The maximum Gasteiger partial charge on any atom is 0.343 e. The lowest BCUT2D eigenvalue weighted by molar-refractivity contribution is -0.142. The molecule has 0 saturated heterocycles. The van der Waals surface area contributed by atoms with Gasteiger partial charge in [-0.2, -0.15) is 9.78 Å². The molecule has 0 aliphatic heterocycles. The van der Waals surface area contributed by atoms with E-state index >= 15 is 0 Å². The summed E-state index contributed by atoms with van der Waals surface area (Å²) in [6, 6.07) is 10.3. The highest BCUT2D eigenvalue weighted by Gasteiger charge is 2.12. The zero-order valence-corrected chi connectivity index (χ0v) is 19.4. The molecule has 0 amide bonds. The third kappa shape index (κ3) is 5.71. The Balaban J connectivity index is 2.06. The second kappa shape index (κ2) is 10.5. The average molecular weight is 507 g/mol. The van der Waals surface area contributed by atoms with Crippen LogP contribution in [0.1, 0.15) is 31.2 Å². The summed E-state index contributed by atoms with van der Waals surface area (Å²) in [6.07, 6.45) is 3.91. The van der Waals surface area contributed by atoms with E-state index in [9.17, 15) is 9.59 Å². The van der Waals surface area contributed by atoms with E-state index in [1.807, 2.05) is 6.07 Å². The number of rotatable bonds is 8. The third-order valence-electron chi connectivity index (χ3n) is 4.49. The minimum atomic E-state index is -0.514. The van der Waals surface area contributed by atoms with Gasteiger partial charge in [-0.1, -0.05) is 40.9 Å². The van der Waals surface area contributed by atoms with Gasteiger partial charge in [-0.05, 0) is 42.8 Å². The van der Waals surface area contributed by atoms with Gasteiger partial charge >= 0.3 is 5.97 Å². The number of esters is 1. The van der Waals surface area contributed by atoms with E-state index in [2.05, 4.69) is 37.7 Å². The standard InChI is InChI=1S/C22H21BrClN3O4/c1-3-4-5-20-26-18-8-6-15(23)11-17(18)22(29)27(20)25-12-14-10-16(24)7-9-19(14)31-13-21(28)30-2/h6-12H,3-5,13H2,1-2H3. The molecule has 1 heterocycles. The monoisotopic (exact) mass is 505 g/mol. The van der Waals surface area contributed by atoms with Gasteiger partial charge < -0.3 is 9.47 Å². The maximum absolute atomic E-state index is 13.2. The Bertz CT molecular complexity index is 1190. The van der Waals surface area contributed by atoms with Gasteiger partial charge in [0.05, 0.1) is 24.2 Å². The number of nitrogens with zero attached hydrogens (tertiary/aromatic N) is 3. The molecular formula is C22H21BrClN3O4. The largest absolute Gasteiger partial charge is 0.481 e. The normalized spacial score (nSPS) is 11.2. The number of unbranched alkanes of at least 4 members (excludes halogenated alkanes) is 1. The number of halogens is 2. The molecule has 3 aromatic rings. The number of ether oxygens (including phenoxy) is 2. The number of hydrogen-bond acceptors (Lipinski definition) is 6. The molecule has 0 unspecified atom stereocenters. The van der Waals surface area contributed by atoms with E-state index in [1.54, 1.807) is 30.3 Å². The Morgan fingerprint density at radius 1 is 1.29 bits per heavy atom. The number of benzene rings is 2. The minimum Gasteiger partial charge on any atom is -0.481 e. The second-order valence-electron chi connectivity index (χ2n) is 6.70. The van der Waals surface area contributed by atoms with Crippen LogP contribution in [0.15, 0.2) is 50.8 Å². The molecule has 3 rings (SSSR count). The highest BCUT2D eigenvalue weighted by molar-refractivity contribution is 9.10. The molecule has 9 heteroatoms. The summed E-state index contributed by atoms with van der Waals surface area (Å²) in [7, 11) is 1.28. The summed E-state index contributed by atoms with van der Waals surface area (Å²) < 4.78 is 12.2. The van der Waals surface area contributed by atoms with E-state index in [4.69, 9.17) is 16.3 Å². The molecule has 162 valence electrons. The smallest absolute Gasteiger partial charge is 0.343 e. The van der Waals surface area contributed by atoms with Crippen LogP contribution in [0.4, 0.5) is 0 Å². The molecular weight excluding hydrogens is 486 g/mol. The number of aromatic nitrogens is 2. The van der Waals surface area contributed by atoms with Crippen LogP contribution in [-0.2, 0) is 16.0 Å². The van der Waals surface area contributed by atoms with Gasteiger partial charge in [0.2, 0.25) is 0 Å². The summed E-state index contributed by atoms with van der Waals surface area (Å²) in [5.74, 6) is 0.440. The van der Waals surface area contributed by atoms with Crippen LogP contribution >= 0.6 is 27.5 Å². The summed E-state index contributed by atoms with van der Waals surface area (Å²) >= 11 is 9.52. The zero-order valence-electron chi connectivity index (χ0n) is 17.1. The Labute approximate surface area is 192 Å². The lowest BCUT2D eigenvalue weighted by Gasteiger charge is -2.10. The molecule has 2 aromatic carbocycles. The average Bonchev–Trinajstić information content (AvgIpc) is 2.76. The lowest BCUT2D eigenvalue weighted by atomic mass is 10.2. The Hall–Kier alpha value is -2.71. The summed E-state index contributed by atoms with van der Waals surface area (Å²) in [5.41, 5.74) is 0.863. The molecule has 0 aliphatic carbocycles. The van der Waals surface area contributed by atoms with Crippen molar-refractivity contribution in [3.8, 4) is 5.75 Å². The van der Waals surface area contributed by atoms with Crippen molar-refractivity contribution in [3.63, 3.8) is 0 Å². The number of fused-ring (bicyclic) bond motifs is 1. The van der Waals surface area contributed by atoms with Crippen LogP contribution in [0.5, 0.6) is 5.75 Å². The molecule has 0 radical (unpaired) electrons. The van der Waals surface area contributed by atoms with Crippen molar-refractivity contribution in [2.24, 2.45) is 5.10 Å². The zero-order chi connectivity index (χ0) is 22.4. The molecule has 0 saturated carbocycles. The van der Waals surface area contributed by atoms with Crippen molar-refractivity contribution in [2.75, 3.05) is 13.7 Å². The van der Waals surface area contributed by atoms with Gasteiger partial charge in [-0.25, -0.2) is 9.78 Å². The summed E-state index contributed by atoms with van der Waals surface area (Å²) in [6.45, 7) is 1.81. The third-order valence-corrected chi connectivity index (χ3v) is 5.21. The van der Waals surface area contributed by atoms with Crippen molar-refractivity contribution in [1.29, 1.82) is 0 Å². The van der Waals surface area contributed by atoms with E-state index in [-0.39, 0.29) is 12.2 Å². The lowest BCUT2D eigenvalue weighted by Crippen LogP contribution is -2.22. The molecule has 0 spiro atoms. The van der Waals surface area contributed by atoms with Gasteiger partial charge in [-0.15, -0.1) is 0 Å². The summed E-state index contributed by atoms with van der Waals surface area (Å²) in [5, 5.41) is 5.33. The summed E-state index contributed by atoms with van der Waals surface area (Å²) in [4.78, 5) is 29.2. The molecule has 7 nitrogen and oxygen atoms in total. The van der Waals surface area contributed by atoms with Crippen LogP contribution < -0.4 is 10.3 Å². The fraction of sp³-hybridized carbons (Fsp3) is 0.273. The number of methoxy groups -OCH3 is 1. The Kier molecular flexibility index (Phi) is 7.81. The Morgan fingerprint density at radius 2 is 2.10 bits per heavy atom. The maximum atomic E-state index is 13.2. The van der Waals surface area contributed by atoms with E-state index in [0.717, 1.165) is 17.3 Å². The van der Waals surface area contributed by atoms with Gasteiger partial charge in [0, 0.05) is 21.5 Å². The molecule has 31 heavy (non-hydrogen) atoms. The van der Waals surface area contributed by atoms with Crippen molar-refractivity contribution in [1.82, 2.24) is 9.66 Å². The number of aryl methyl sites for hydroxylation is 1. The first-order valence-electron chi connectivity index (χ1n) is 9.67. The van der Waals surface area contributed by atoms with Crippen LogP contribution in [0.25, 0.3) is 10.9 Å². The SMILES string of the molecule is CCCCc1nc2ccc(Br)cc2c(=O)n1N=Cc1cc(Cl)ccc1OCC(=O)OC. The number of carbonyl (C=O) groups excluding carboxylic acids is 1. The fourth-order valence-corrected chi connectivity index (χ4v) is 3.42. The van der Waals surface area contributed by atoms with Crippen LogP contribution in [0, 0.1) is 0 Å². The number of hydrogen-bond donors (Lipinski definition) is 0. The minimum absolute atomic E-state index is 0.258. The first-order valence-corrected chi connectivity index (χ1v) is 10.8. The molecule has 0 fully saturated rings. The van der Waals surface area contributed by atoms with Gasteiger partial charge in [0.25, 0.3) is 5.56 Å². The van der Waals surface area contributed by atoms with Gasteiger partial charge in [-0.3, -0.25) is 4.79 Å². The molecule has 1 aromatic heterocycles. The first-order chi connectivity index (χ1) is 14.9. The fourth-order valence-electron chi connectivity index (χ4n) is 2.88. The highest BCUT2D eigenvalue weighted by Crippen LogP contribution is 2.22. The van der Waals surface area contributed by atoms with Crippen LogP contribution in [-0.4, -0.2) is 35.6 Å². The van der Waals surface area contributed by atoms with Crippen LogP contribution in [0.3, 0.4) is 0 Å². The predicted octanol–water partition coefficient (Wildman–Crippen LogP) is 4.59. The predicted molar refractivity (Wildman–Crippen MR) is 124 cm³/mol. The van der Waals surface area contributed by atoms with E-state index < -0.39 is 5.97 Å². The molecule has 0 N–H and O–H groups in total. The second-order valence-corrected chi connectivity index (χ2v) is 8.05. The van der Waals surface area contributed by atoms with Crippen LogP contribution in [0.2, 0.25) is 5.02 Å². The van der Waals surface area contributed by atoms with Crippen molar-refractivity contribution in [2.45, 2.75) is 26.2 Å². The topological polar surface area (TPSA) is 82.8 Å². The highest BCUT2D eigenvalue weighted by atomic mass is 79.9. The molecule has 0 atom stereocenters.